The molecule has 0 spiro atoms. The number of nitrogens with zero attached hydrogens (tertiary/aromatic N) is 2. The third kappa shape index (κ3) is 1.72. The minimum atomic E-state index is 0.767. The molecule has 0 radical (unpaired) electrons. The molecular weight excluding hydrogens is 230 g/mol. The molecule has 2 N–H and O–H groups in total. The number of benzene rings is 1. The molecule has 13 heavy (non-hydrogen) atoms. The normalized spacial score (nSPS) is 10.2. The van der Waals surface area contributed by atoms with E-state index in [0.29, 0.717) is 0 Å². The van der Waals surface area contributed by atoms with Crippen molar-refractivity contribution in [3.63, 3.8) is 0 Å². The molecule has 0 aliphatic heterocycles. The van der Waals surface area contributed by atoms with Gasteiger partial charge in [0, 0.05) is 17.6 Å². The number of anilines is 1. The fourth-order valence-corrected chi connectivity index (χ4v) is 1.40. The molecule has 2 rings (SSSR count). The molecule has 4 heteroatoms. The molecular formula is C9H8BrN3. The van der Waals surface area contributed by atoms with E-state index < -0.39 is 0 Å². The lowest BCUT2D eigenvalue weighted by Crippen LogP contribution is -1.90. The van der Waals surface area contributed by atoms with Crippen LogP contribution >= 0.6 is 15.9 Å². The van der Waals surface area contributed by atoms with E-state index in [1.165, 1.54) is 0 Å². The van der Waals surface area contributed by atoms with Gasteiger partial charge in [-0.2, -0.15) is 0 Å². The average Bonchev–Trinajstić information content (AvgIpc) is 2.53. The van der Waals surface area contributed by atoms with Crippen LogP contribution in [0, 0.1) is 0 Å². The van der Waals surface area contributed by atoms with E-state index in [0.717, 1.165) is 16.0 Å². The SMILES string of the molecule is Nc1ccc(-n2cnc(Br)c2)cc1. The van der Waals surface area contributed by atoms with Crippen molar-refractivity contribution < 1.29 is 0 Å². The van der Waals surface area contributed by atoms with Crippen molar-refractivity contribution in [2.45, 2.75) is 0 Å². The number of rotatable bonds is 1. The predicted octanol–water partition coefficient (Wildman–Crippen LogP) is 2.22. The quantitative estimate of drug-likeness (QED) is 0.774. The van der Waals surface area contributed by atoms with Gasteiger partial charge in [0.25, 0.3) is 0 Å². The summed E-state index contributed by atoms with van der Waals surface area (Å²) in [5, 5.41) is 0. The van der Waals surface area contributed by atoms with Gasteiger partial charge < -0.3 is 10.3 Å². The molecule has 0 aliphatic carbocycles. The molecule has 0 aliphatic rings. The van der Waals surface area contributed by atoms with E-state index in [1.807, 2.05) is 35.0 Å². The molecule has 0 saturated carbocycles. The third-order valence-corrected chi connectivity index (χ3v) is 2.15. The Labute approximate surface area is 84.3 Å². The Morgan fingerprint density at radius 2 is 1.92 bits per heavy atom. The van der Waals surface area contributed by atoms with E-state index in [4.69, 9.17) is 5.73 Å². The first-order valence-electron chi connectivity index (χ1n) is 3.81. The zero-order valence-electron chi connectivity index (χ0n) is 6.81. The highest BCUT2D eigenvalue weighted by molar-refractivity contribution is 9.10. The van der Waals surface area contributed by atoms with Gasteiger partial charge >= 0.3 is 0 Å². The summed E-state index contributed by atoms with van der Waals surface area (Å²) in [7, 11) is 0. The van der Waals surface area contributed by atoms with Crippen molar-refractivity contribution in [2.75, 3.05) is 5.73 Å². The van der Waals surface area contributed by atoms with Crippen molar-refractivity contribution in [1.82, 2.24) is 9.55 Å². The van der Waals surface area contributed by atoms with Crippen LogP contribution in [-0.2, 0) is 0 Å². The minimum absolute atomic E-state index is 0.767. The van der Waals surface area contributed by atoms with Gasteiger partial charge in [-0.1, -0.05) is 0 Å². The molecule has 66 valence electrons. The minimum Gasteiger partial charge on any atom is -0.399 e. The van der Waals surface area contributed by atoms with Gasteiger partial charge in [-0.25, -0.2) is 4.98 Å². The van der Waals surface area contributed by atoms with Gasteiger partial charge in [0.15, 0.2) is 0 Å². The Kier molecular flexibility index (Phi) is 2.06. The van der Waals surface area contributed by atoms with Crippen LogP contribution < -0.4 is 5.73 Å². The summed E-state index contributed by atoms with van der Waals surface area (Å²) >= 11 is 3.29. The number of hydrogen-bond acceptors (Lipinski definition) is 2. The second-order valence-corrected chi connectivity index (χ2v) is 3.51. The molecule has 0 saturated heterocycles. The molecule has 1 aromatic heterocycles. The largest absolute Gasteiger partial charge is 0.399 e. The zero-order chi connectivity index (χ0) is 9.26. The molecule has 0 unspecified atom stereocenters. The Morgan fingerprint density at radius 3 is 2.46 bits per heavy atom. The predicted molar refractivity (Wildman–Crippen MR) is 55.7 cm³/mol. The van der Waals surface area contributed by atoms with E-state index in [1.54, 1.807) is 6.33 Å². The maximum Gasteiger partial charge on any atom is 0.124 e. The number of nitrogens with two attached hydrogens (primary N) is 1. The standard InChI is InChI=1S/C9H8BrN3/c10-9-5-13(6-12-9)8-3-1-7(11)2-4-8/h1-6H,11H2. The topological polar surface area (TPSA) is 43.8 Å². The van der Waals surface area contributed by atoms with E-state index >= 15 is 0 Å². The van der Waals surface area contributed by atoms with Gasteiger partial charge in [-0.3, -0.25) is 0 Å². The lowest BCUT2D eigenvalue weighted by molar-refractivity contribution is 1.06. The smallest absolute Gasteiger partial charge is 0.124 e. The first kappa shape index (κ1) is 8.31. The Morgan fingerprint density at radius 1 is 1.23 bits per heavy atom. The summed E-state index contributed by atoms with van der Waals surface area (Å²) in [4.78, 5) is 4.06. The molecule has 0 amide bonds. The van der Waals surface area contributed by atoms with Crippen molar-refractivity contribution >= 4 is 21.6 Å². The number of halogens is 1. The number of hydrogen-bond donors (Lipinski definition) is 1. The third-order valence-electron chi connectivity index (χ3n) is 1.74. The number of aromatic nitrogens is 2. The summed E-state index contributed by atoms with van der Waals surface area (Å²) in [6.45, 7) is 0. The van der Waals surface area contributed by atoms with Gasteiger partial charge in [0.1, 0.15) is 10.9 Å². The number of nitrogen functional groups attached to an aromatic ring is 1. The van der Waals surface area contributed by atoms with Crippen molar-refractivity contribution in [3.05, 3.63) is 41.4 Å². The Bertz CT molecular complexity index is 405. The first-order chi connectivity index (χ1) is 6.25. The van der Waals surface area contributed by atoms with Crippen molar-refractivity contribution in [2.24, 2.45) is 0 Å². The highest BCUT2D eigenvalue weighted by Gasteiger charge is 1.96. The van der Waals surface area contributed by atoms with Crippen LogP contribution in [-0.4, -0.2) is 9.55 Å². The molecule has 1 heterocycles. The zero-order valence-corrected chi connectivity index (χ0v) is 8.40. The van der Waals surface area contributed by atoms with Gasteiger partial charge in [-0.15, -0.1) is 0 Å². The molecule has 0 bridgehead atoms. The van der Waals surface area contributed by atoms with Gasteiger partial charge in [0.2, 0.25) is 0 Å². The average molecular weight is 238 g/mol. The fraction of sp³-hybridized carbons (Fsp3) is 0. The maximum atomic E-state index is 5.58. The Hall–Kier alpha value is -1.29. The Balaban J connectivity index is 2.41. The molecule has 3 nitrogen and oxygen atoms in total. The summed E-state index contributed by atoms with van der Waals surface area (Å²) in [6.07, 6.45) is 3.64. The second-order valence-electron chi connectivity index (χ2n) is 2.70. The monoisotopic (exact) mass is 237 g/mol. The second kappa shape index (κ2) is 3.22. The fourth-order valence-electron chi connectivity index (χ4n) is 1.09. The van der Waals surface area contributed by atoms with Crippen LogP contribution in [0.3, 0.4) is 0 Å². The van der Waals surface area contributed by atoms with Gasteiger partial charge in [0.05, 0.1) is 0 Å². The first-order valence-corrected chi connectivity index (χ1v) is 4.60. The summed E-state index contributed by atoms with van der Waals surface area (Å²) in [6, 6.07) is 7.62. The molecule has 0 fully saturated rings. The lowest BCUT2D eigenvalue weighted by Gasteiger charge is -2.00. The van der Waals surface area contributed by atoms with Gasteiger partial charge in [-0.05, 0) is 40.2 Å². The highest BCUT2D eigenvalue weighted by atomic mass is 79.9. The van der Waals surface area contributed by atoms with E-state index in [-0.39, 0.29) is 0 Å². The highest BCUT2D eigenvalue weighted by Crippen LogP contribution is 2.13. The van der Waals surface area contributed by atoms with Crippen LogP contribution in [0.4, 0.5) is 5.69 Å². The van der Waals surface area contributed by atoms with Crippen LogP contribution in [0.2, 0.25) is 0 Å². The molecule has 0 atom stereocenters. The van der Waals surface area contributed by atoms with E-state index in [2.05, 4.69) is 20.9 Å². The van der Waals surface area contributed by atoms with Crippen molar-refractivity contribution in [1.29, 1.82) is 0 Å². The van der Waals surface area contributed by atoms with Crippen LogP contribution in [0.15, 0.2) is 41.4 Å². The van der Waals surface area contributed by atoms with Crippen molar-refractivity contribution in [3.8, 4) is 5.69 Å². The summed E-state index contributed by atoms with van der Waals surface area (Å²) < 4.78 is 2.74. The maximum absolute atomic E-state index is 5.58. The summed E-state index contributed by atoms with van der Waals surface area (Å²) in [5.74, 6) is 0. The molecule has 1 aromatic carbocycles. The molecule has 2 aromatic rings. The number of imidazole rings is 1. The lowest BCUT2D eigenvalue weighted by atomic mass is 10.3. The van der Waals surface area contributed by atoms with E-state index in [9.17, 15) is 0 Å². The summed E-state index contributed by atoms with van der Waals surface area (Å²) in [5.41, 5.74) is 7.39. The van der Waals surface area contributed by atoms with Crippen LogP contribution in [0.25, 0.3) is 5.69 Å². The van der Waals surface area contributed by atoms with Crippen LogP contribution in [0.5, 0.6) is 0 Å². The van der Waals surface area contributed by atoms with Crippen LogP contribution in [0.1, 0.15) is 0 Å².